The van der Waals surface area contributed by atoms with Gasteiger partial charge < -0.3 is 9.47 Å². The summed E-state index contributed by atoms with van der Waals surface area (Å²) >= 11 is 16.0. The molecule has 0 aliphatic carbocycles. The van der Waals surface area contributed by atoms with Crippen molar-refractivity contribution in [3.63, 3.8) is 0 Å². The lowest BCUT2D eigenvalue weighted by Gasteiger charge is -2.09. The molecule has 0 aromatic rings. The van der Waals surface area contributed by atoms with Gasteiger partial charge in [0.1, 0.15) is 6.61 Å². The topological polar surface area (TPSA) is 35.5 Å². The van der Waals surface area contributed by atoms with E-state index < -0.39 is 9.76 Å². The summed E-state index contributed by atoms with van der Waals surface area (Å²) in [5, 5.41) is 0. The summed E-state index contributed by atoms with van der Waals surface area (Å²) < 4.78 is 7.73. The van der Waals surface area contributed by atoms with Crippen LogP contribution in [0.4, 0.5) is 0 Å². The van der Waals surface area contributed by atoms with Gasteiger partial charge in [0.15, 0.2) is 0 Å². The lowest BCUT2D eigenvalue weighted by atomic mass is 10.6. The molecule has 0 bridgehead atoms. The second-order valence-electron chi connectivity index (χ2n) is 1.98. The molecule has 0 aromatic carbocycles. The maximum atomic E-state index is 10.8. The molecule has 0 N–H and O–H groups in total. The van der Waals surface area contributed by atoms with Gasteiger partial charge >= 0.3 is 5.97 Å². The molecular weight excluding hydrogens is 238 g/mol. The molecule has 0 aliphatic heterocycles. The van der Waals surface area contributed by atoms with Crippen LogP contribution < -0.4 is 0 Å². The van der Waals surface area contributed by atoms with Crippen LogP contribution in [-0.2, 0) is 14.3 Å². The molecule has 0 aliphatic rings. The fourth-order valence-electron chi connectivity index (χ4n) is 0.401. The normalized spacial score (nSPS) is 11.7. The Kier molecular flexibility index (Phi) is 6.29. The summed E-state index contributed by atoms with van der Waals surface area (Å²) in [7, 11) is 0. The van der Waals surface area contributed by atoms with Crippen LogP contribution in [0, 0.1) is 0 Å². The van der Waals surface area contributed by atoms with Crippen LogP contribution in [-0.4, -0.2) is 23.0 Å². The van der Waals surface area contributed by atoms with Gasteiger partial charge in [-0.05, 0) is 6.92 Å². The Morgan fingerprint density at radius 1 is 1.46 bits per heavy atom. The van der Waals surface area contributed by atoms with Crippen molar-refractivity contribution in [3.05, 3.63) is 12.3 Å². The van der Waals surface area contributed by atoms with E-state index in [-0.39, 0.29) is 6.61 Å². The molecule has 0 saturated heterocycles. The fourth-order valence-corrected chi connectivity index (χ4v) is 0.565. The zero-order valence-electron chi connectivity index (χ0n) is 6.93. The van der Waals surface area contributed by atoms with Gasteiger partial charge in [-0.2, -0.15) is 0 Å². The van der Waals surface area contributed by atoms with Crippen molar-refractivity contribution in [2.24, 2.45) is 0 Å². The van der Waals surface area contributed by atoms with Crippen molar-refractivity contribution >= 4 is 40.8 Å². The second kappa shape index (κ2) is 6.35. The van der Waals surface area contributed by atoms with Crippen molar-refractivity contribution < 1.29 is 14.3 Å². The molecule has 0 saturated carbocycles. The number of carbonyl (C=O) groups is 1. The molecule has 6 heteroatoms. The highest BCUT2D eigenvalue weighted by molar-refractivity contribution is 6.67. The van der Waals surface area contributed by atoms with Crippen LogP contribution in [0.1, 0.15) is 6.92 Å². The second-order valence-corrected chi connectivity index (χ2v) is 4.50. The van der Waals surface area contributed by atoms with Gasteiger partial charge in [-0.25, -0.2) is 4.79 Å². The SMILES string of the molecule is CCO/C=C/C(=O)OCC(Cl)(Cl)Cl. The maximum Gasteiger partial charge on any atom is 0.334 e. The van der Waals surface area contributed by atoms with Gasteiger partial charge in [0.05, 0.1) is 18.9 Å². The van der Waals surface area contributed by atoms with E-state index in [1.54, 1.807) is 6.92 Å². The third-order valence-electron chi connectivity index (χ3n) is 0.845. The van der Waals surface area contributed by atoms with Gasteiger partial charge in [0, 0.05) is 0 Å². The molecule has 76 valence electrons. The average molecular weight is 248 g/mol. The Morgan fingerprint density at radius 3 is 2.54 bits per heavy atom. The molecule has 3 nitrogen and oxygen atoms in total. The van der Waals surface area contributed by atoms with Gasteiger partial charge in [0.25, 0.3) is 0 Å². The first kappa shape index (κ1) is 12.9. The molecule has 0 amide bonds. The van der Waals surface area contributed by atoms with Crippen LogP contribution in [0.5, 0.6) is 0 Å². The predicted octanol–water partition coefficient (Wildman–Crippen LogP) is 2.45. The number of halogens is 3. The van der Waals surface area contributed by atoms with E-state index in [2.05, 4.69) is 4.74 Å². The standard InChI is InChI=1S/C7H9Cl3O3/c1-2-12-4-3-6(11)13-5-7(8,9)10/h3-4H,2,5H2,1H3/b4-3+. The highest BCUT2D eigenvalue weighted by atomic mass is 35.6. The Hall–Kier alpha value is -0.120. The van der Waals surface area contributed by atoms with E-state index >= 15 is 0 Å². The minimum atomic E-state index is -1.57. The number of ether oxygens (including phenoxy) is 2. The van der Waals surface area contributed by atoms with E-state index in [0.29, 0.717) is 6.61 Å². The molecule has 0 unspecified atom stereocenters. The van der Waals surface area contributed by atoms with Crippen molar-refractivity contribution in [2.75, 3.05) is 13.2 Å². The highest BCUT2D eigenvalue weighted by Crippen LogP contribution is 2.25. The molecule has 0 atom stereocenters. The van der Waals surface area contributed by atoms with E-state index in [1.165, 1.54) is 6.26 Å². The Labute approximate surface area is 91.5 Å². The van der Waals surface area contributed by atoms with E-state index in [4.69, 9.17) is 39.5 Å². The largest absolute Gasteiger partial charge is 0.501 e. The number of hydrogen-bond acceptors (Lipinski definition) is 3. The Morgan fingerprint density at radius 2 is 2.08 bits per heavy atom. The lowest BCUT2D eigenvalue weighted by molar-refractivity contribution is -0.137. The summed E-state index contributed by atoms with van der Waals surface area (Å²) in [4.78, 5) is 10.8. The van der Waals surface area contributed by atoms with Crippen LogP contribution >= 0.6 is 34.8 Å². The number of rotatable bonds is 4. The van der Waals surface area contributed by atoms with Gasteiger partial charge in [-0.1, -0.05) is 34.8 Å². The summed E-state index contributed by atoms with van der Waals surface area (Å²) in [5.41, 5.74) is 0. The molecule has 0 radical (unpaired) electrons. The van der Waals surface area contributed by atoms with E-state index in [9.17, 15) is 4.79 Å². The first-order valence-corrected chi connectivity index (χ1v) is 4.60. The lowest BCUT2D eigenvalue weighted by Crippen LogP contribution is -2.15. The first-order chi connectivity index (χ1) is 5.95. The third kappa shape index (κ3) is 9.80. The number of alkyl halides is 3. The van der Waals surface area contributed by atoms with E-state index in [1.807, 2.05) is 0 Å². The quantitative estimate of drug-likeness (QED) is 0.331. The molecule has 0 aromatic heterocycles. The zero-order valence-corrected chi connectivity index (χ0v) is 9.20. The molecular formula is C7H9Cl3O3. The van der Waals surface area contributed by atoms with Gasteiger partial charge in [-0.15, -0.1) is 0 Å². The first-order valence-electron chi connectivity index (χ1n) is 3.47. The molecule has 0 rings (SSSR count). The average Bonchev–Trinajstić information content (AvgIpc) is 2.00. The monoisotopic (exact) mass is 246 g/mol. The van der Waals surface area contributed by atoms with Gasteiger partial charge in [-0.3, -0.25) is 0 Å². The van der Waals surface area contributed by atoms with E-state index in [0.717, 1.165) is 6.08 Å². The Balaban J connectivity index is 3.64. The summed E-state index contributed by atoms with van der Waals surface area (Å²) in [6, 6.07) is 0. The third-order valence-corrected chi connectivity index (χ3v) is 1.17. The molecule has 0 heterocycles. The maximum absolute atomic E-state index is 10.8. The fraction of sp³-hybridized carbons (Fsp3) is 0.571. The van der Waals surface area contributed by atoms with Crippen molar-refractivity contribution in [1.29, 1.82) is 0 Å². The van der Waals surface area contributed by atoms with Crippen molar-refractivity contribution in [3.8, 4) is 0 Å². The summed E-state index contributed by atoms with van der Waals surface area (Å²) in [6.45, 7) is 1.98. The number of esters is 1. The molecule has 13 heavy (non-hydrogen) atoms. The Bertz CT molecular complexity index is 186. The van der Waals surface area contributed by atoms with Crippen molar-refractivity contribution in [1.82, 2.24) is 0 Å². The van der Waals surface area contributed by atoms with Crippen LogP contribution in [0.2, 0.25) is 0 Å². The number of hydrogen-bond donors (Lipinski definition) is 0. The highest BCUT2D eigenvalue weighted by Gasteiger charge is 2.21. The summed E-state index contributed by atoms with van der Waals surface area (Å²) in [5.74, 6) is -0.611. The van der Waals surface area contributed by atoms with Crippen molar-refractivity contribution in [2.45, 2.75) is 10.7 Å². The molecule has 0 spiro atoms. The minimum Gasteiger partial charge on any atom is -0.501 e. The van der Waals surface area contributed by atoms with Crippen LogP contribution in [0.25, 0.3) is 0 Å². The zero-order chi connectivity index (χ0) is 10.3. The van der Waals surface area contributed by atoms with Crippen LogP contribution in [0.15, 0.2) is 12.3 Å². The smallest absolute Gasteiger partial charge is 0.334 e. The summed E-state index contributed by atoms with van der Waals surface area (Å²) in [6.07, 6.45) is 2.33. The van der Waals surface area contributed by atoms with Gasteiger partial charge in [0.2, 0.25) is 3.79 Å². The minimum absolute atomic E-state index is 0.285. The van der Waals surface area contributed by atoms with Crippen LogP contribution in [0.3, 0.4) is 0 Å². The number of carbonyl (C=O) groups excluding carboxylic acids is 1. The molecule has 0 fully saturated rings. The predicted molar refractivity (Wildman–Crippen MR) is 52.0 cm³/mol.